The summed E-state index contributed by atoms with van der Waals surface area (Å²) in [4.78, 5) is 2.69. The molecule has 1 N–H and O–H groups in total. The molecule has 0 unspecified atom stereocenters. The molecule has 2 aliphatic rings. The normalized spacial score (nSPS) is 29.1. The summed E-state index contributed by atoms with van der Waals surface area (Å²) in [5, 5.41) is 3.46. The van der Waals surface area contributed by atoms with Gasteiger partial charge in [-0.2, -0.15) is 0 Å². The van der Waals surface area contributed by atoms with Crippen molar-refractivity contribution in [3.8, 4) is 0 Å². The average Bonchev–Trinajstić information content (AvgIpc) is 2.80. The maximum atomic E-state index is 3.46. The molecule has 0 aliphatic carbocycles. The van der Waals surface area contributed by atoms with Gasteiger partial charge < -0.3 is 10.2 Å². The third-order valence-corrected chi connectivity index (χ3v) is 4.59. The van der Waals surface area contributed by atoms with E-state index in [0.29, 0.717) is 0 Å². The number of nitrogens with one attached hydrogen (secondary N) is 1. The first-order valence-electron chi connectivity index (χ1n) is 7.19. The van der Waals surface area contributed by atoms with Crippen molar-refractivity contribution >= 4 is 0 Å². The highest BCUT2D eigenvalue weighted by molar-refractivity contribution is 4.77. The highest BCUT2D eigenvalue weighted by Gasteiger charge is 2.22. The fourth-order valence-corrected chi connectivity index (χ4v) is 3.17. The molecular formula is C14H28N2. The second kappa shape index (κ2) is 6.02. The number of nitrogens with zero attached hydrogens (tertiary/aromatic N) is 1. The lowest BCUT2D eigenvalue weighted by atomic mass is 9.86. The van der Waals surface area contributed by atoms with Gasteiger partial charge in [-0.25, -0.2) is 0 Å². The van der Waals surface area contributed by atoms with Gasteiger partial charge >= 0.3 is 0 Å². The van der Waals surface area contributed by atoms with Crippen LogP contribution in [0.1, 0.15) is 39.5 Å². The first-order valence-corrected chi connectivity index (χ1v) is 7.19. The van der Waals surface area contributed by atoms with Crippen LogP contribution in [-0.4, -0.2) is 37.6 Å². The van der Waals surface area contributed by atoms with E-state index in [-0.39, 0.29) is 0 Å². The summed E-state index contributed by atoms with van der Waals surface area (Å²) in [5.74, 6) is 2.84. The first kappa shape index (κ1) is 12.4. The minimum Gasteiger partial charge on any atom is -0.316 e. The molecular weight excluding hydrogens is 196 g/mol. The smallest absolute Gasteiger partial charge is 0.00156 e. The molecule has 2 fully saturated rings. The zero-order chi connectivity index (χ0) is 11.4. The topological polar surface area (TPSA) is 15.3 Å². The molecule has 2 rings (SSSR count). The van der Waals surface area contributed by atoms with Crippen molar-refractivity contribution in [2.24, 2.45) is 17.8 Å². The van der Waals surface area contributed by atoms with Gasteiger partial charge in [-0.1, -0.05) is 13.8 Å². The third kappa shape index (κ3) is 3.46. The fraction of sp³-hybridized carbons (Fsp3) is 1.00. The minimum atomic E-state index is 0.890. The number of hydrogen-bond acceptors (Lipinski definition) is 2. The van der Waals surface area contributed by atoms with Crippen molar-refractivity contribution < 1.29 is 0 Å². The molecule has 2 heterocycles. The molecule has 16 heavy (non-hydrogen) atoms. The maximum Gasteiger partial charge on any atom is -0.00156 e. The van der Waals surface area contributed by atoms with Gasteiger partial charge in [-0.3, -0.25) is 0 Å². The second-order valence-electron chi connectivity index (χ2n) is 6.07. The fourth-order valence-electron chi connectivity index (χ4n) is 3.17. The van der Waals surface area contributed by atoms with E-state index in [4.69, 9.17) is 0 Å². The molecule has 94 valence electrons. The zero-order valence-corrected chi connectivity index (χ0v) is 11.0. The van der Waals surface area contributed by atoms with Gasteiger partial charge in [0.25, 0.3) is 0 Å². The van der Waals surface area contributed by atoms with Crippen LogP contribution in [0.15, 0.2) is 0 Å². The Morgan fingerprint density at radius 3 is 2.50 bits per heavy atom. The van der Waals surface area contributed by atoms with Crippen LogP contribution in [0.25, 0.3) is 0 Å². The summed E-state index contributed by atoms with van der Waals surface area (Å²) < 4.78 is 0. The molecule has 2 saturated heterocycles. The second-order valence-corrected chi connectivity index (χ2v) is 6.07. The third-order valence-electron chi connectivity index (χ3n) is 4.59. The Bertz CT molecular complexity index is 189. The lowest BCUT2D eigenvalue weighted by Gasteiger charge is -2.34. The van der Waals surface area contributed by atoms with E-state index in [2.05, 4.69) is 24.1 Å². The maximum absolute atomic E-state index is 3.46. The summed E-state index contributed by atoms with van der Waals surface area (Å²) in [7, 11) is 0. The number of likely N-dealkylation sites (tertiary alicyclic amines) is 1. The van der Waals surface area contributed by atoms with Gasteiger partial charge in [0.15, 0.2) is 0 Å². The predicted molar refractivity (Wildman–Crippen MR) is 69.6 cm³/mol. The molecule has 0 aromatic rings. The Morgan fingerprint density at radius 2 is 1.94 bits per heavy atom. The van der Waals surface area contributed by atoms with E-state index in [1.54, 1.807) is 0 Å². The van der Waals surface area contributed by atoms with Gasteiger partial charge in [-0.15, -0.1) is 0 Å². The zero-order valence-electron chi connectivity index (χ0n) is 11.0. The summed E-state index contributed by atoms with van der Waals surface area (Å²) in [5.41, 5.74) is 0. The molecule has 2 aliphatic heterocycles. The predicted octanol–water partition coefficient (Wildman–Crippen LogP) is 2.35. The average molecular weight is 224 g/mol. The van der Waals surface area contributed by atoms with Crippen LogP contribution >= 0.6 is 0 Å². The van der Waals surface area contributed by atoms with Crippen molar-refractivity contribution in [2.45, 2.75) is 39.5 Å². The first-order chi connectivity index (χ1) is 7.75. The number of rotatable bonds is 4. The molecule has 2 heteroatoms. The van der Waals surface area contributed by atoms with Crippen LogP contribution in [-0.2, 0) is 0 Å². The Balaban J connectivity index is 1.61. The van der Waals surface area contributed by atoms with Gasteiger partial charge in [0.1, 0.15) is 0 Å². The Kier molecular flexibility index (Phi) is 4.66. The van der Waals surface area contributed by atoms with E-state index in [1.807, 2.05) is 0 Å². The highest BCUT2D eigenvalue weighted by atomic mass is 15.1. The molecule has 2 nitrogen and oxygen atoms in total. The quantitative estimate of drug-likeness (QED) is 0.788. The minimum absolute atomic E-state index is 0.890. The van der Waals surface area contributed by atoms with E-state index in [0.717, 1.165) is 17.8 Å². The summed E-state index contributed by atoms with van der Waals surface area (Å²) >= 11 is 0. The van der Waals surface area contributed by atoms with E-state index >= 15 is 0 Å². The number of hydrogen-bond donors (Lipinski definition) is 1. The standard InChI is InChI=1S/C14H28N2/c1-12(2)14-5-9-16(10-6-14)8-4-13-3-7-15-11-13/h12-15H,3-11H2,1-2H3/t13-/m0/s1. The summed E-state index contributed by atoms with van der Waals surface area (Å²) in [6.45, 7) is 11.3. The van der Waals surface area contributed by atoms with Crippen molar-refractivity contribution in [2.75, 3.05) is 32.7 Å². The lowest BCUT2D eigenvalue weighted by Crippen LogP contribution is -2.36. The van der Waals surface area contributed by atoms with Gasteiger partial charge in [-0.05, 0) is 76.2 Å². The lowest BCUT2D eigenvalue weighted by molar-refractivity contribution is 0.151. The summed E-state index contributed by atoms with van der Waals surface area (Å²) in [6.07, 6.45) is 5.68. The Labute approximate surface area is 101 Å². The molecule has 0 amide bonds. The Morgan fingerprint density at radius 1 is 1.19 bits per heavy atom. The van der Waals surface area contributed by atoms with Crippen LogP contribution in [0.5, 0.6) is 0 Å². The molecule has 1 atom stereocenters. The van der Waals surface area contributed by atoms with E-state index in [1.165, 1.54) is 58.4 Å². The molecule has 0 aromatic heterocycles. The largest absolute Gasteiger partial charge is 0.316 e. The van der Waals surface area contributed by atoms with E-state index < -0.39 is 0 Å². The van der Waals surface area contributed by atoms with Crippen molar-refractivity contribution in [3.05, 3.63) is 0 Å². The Hall–Kier alpha value is -0.0800. The van der Waals surface area contributed by atoms with Crippen molar-refractivity contribution in [3.63, 3.8) is 0 Å². The highest BCUT2D eigenvalue weighted by Crippen LogP contribution is 2.25. The SMILES string of the molecule is CC(C)C1CCN(CC[C@@H]2CCNC2)CC1. The van der Waals surface area contributed by atoms with Gasteiger partial charge in [0, 0.05) is 0 Å². The van der Waals surface area contributed by atoms with Crippen LogP contribution in [0.3, 0.4) is 0 Å². The number of piperidine rings is 1. The van der Waals surface area contributed by atoms with E-state index in [9.17, 15) is 0 Å². The monoisotopic (exact) mass is 224 g/mol. The van der Waals surface area contributed by atoms with Crippen LogP contribution < -0.4 is 5.32 Å². The van der Waals surface area contributed by atoms with Crippen LogP contribution in [0, 0.1) is 17.8 Å². The van der Waals surface area contributed by atoms with Crippen molar-refractivity contribution in [1.82, 2.24) is 10.2 Å². The molecule has 0 radical (unpaired) electrons. The molecule has 0 bridgehead atoms. The molecule has 0 spiro atoms. The van der Waals surface area contributed by atoms with Crippen LogP contribution in [0.4, 0.5) is 0 Å². The van der Waals surface area contributed by atoms with Crippen molar-refractivity contribution in [1.29, 1.82) is 0 Å². The van der Waals surface area contributed by atoms with Gasteiger partial charge in [0.2, 0.25) is 0 Å². The molecule has 0 aromatic carbocycles. The van der Waals surface area contributed by atoms with Crippen LogP contribution in [0.2, 0.25) is 0 Å². The van der Waals surface area contributed by atoms with Gasteiger partial charge in [0.05, 0.1) is 0 Å². The summed E-state index contributed by atoms with van der Waals surface area (Å²) in [6, 6.07) is 0. The molecule has 0 saturated carbocycles.